The molecule has 186 valence electrons. The number of hydrogen-bond acceptors (Lipinski definition) is 7. The van der Waals surface area contributed by atoms with Crippen molar-refractivity contribution in [3.63, 3.8) is 0 Å². The fourth-order valence-corrected chi connectivity index (χ4v) is 4.65. The molecular formula is C22H20Cl2F2N10. The summed E-state index contributed by atoms with van der Waals surface area (Å²) in [5.41, 5.74) is 9.84. The summed E-state index contributed by atoms with van der Waals surface area (Å²) in [4.78, 5) is 14.4. The average Bonchev–Trinajstić information content (AvgIpc) is 3.63. The normalized spacial score (nSPS) is 16.2. The quantitative estimate of drug-likeness (QED) is 0.298. The van der Waals surface area contributed by atoms with Gasteiger partial charge in [0.2, 0.25) is 0 Å². The van der Waals surface area contributed by atoms with Crippen molar-refractivity contribution in [3.8, 4) is 11.3 Å². The summed E-state index contributed by atoms with van der Waals surface area (Å²) >= 11 is 12.2. The molecule has 1 aliphatic rings. The van der Waals surface area contributed by atoms with Gasteiger partial charge in [-0.1, -0.05) is 23.2 Å². The molecule has 1 aromatic carbocycles. The van der Waals surface area contributed by atoms with E-state index in [9.17, 15) is 8.78 Å². The smallest absolute Gasteiger partial charge is 0.333 e. The minimum absolute atomic E-state index is 0.0552. The van der Waals surface area contributed by atoms with E-state index in [1.165, 1.54) is 12.4 Å². The van der Waals surface area contributed by atoms with Crippen LogP contribution in [0.5, 0.6) is 0 Å². The Morgan fingerprint density at radius 3 is 2.78 bits per heavy atom. The summed E-state index contributed by atoms with van der Waals surface area (Å²) in [6.07, 6.45) is 5.08. The average molecular weight is 533 g/mol. The largest absolute Gasteiger partial charge is 0.375 e. The van der Waals surface area contributed by atoms with Crippen molar-refractivity contribution < 1.29 is 8.78 Å². The maximum Gasteiger partial charge on any atom is 0.333 e. The molecule has 4 aromatic heterocycles. The summed E-state index contributed by atoms with van der Waals surface area (Å²) in [5.74, 6) is 1.37. The van der Waals surface area contributed by atoms with Gasteiger partial charge in [0.05, 0.1) is 51.4 Å². The number of H-pyrrole nitrogens is 1. The molecule has 14 heteroatoms. The number of benzene rings is 1. The standard InChI is InChI=1S/C22H20Cl2F2N10/c23-13-3-15-16(4-14(13)24)32-19(31-15)8-28-17-5-20(34-2-1-12(27)10-34)33-36-18(7-29-21(17)36)11-6-30-35(9-11)22(25)26/h3-7,9,12,22,28H,1-2,8,10,27H2,(H,31,32). The highest BCUT2D eigenvalue weighted by molar-refractivity contribution is 6.42. The van der Waals surface area contributed by atoms with E-state index in [1.807, 2.05) is 6.07 Å². The minimum Gasteiger partial charge on any atom is -0.375 e. The van der Waals surface area contributed by atoms with Gasteiger partial charge in [0.15, 0.2) is 11.5 Å². The van der Waals surface area contributed by atoms with E-state index < -0.39 is 6.55 Å². The number of hydrogen-bond donors (Lipinski definition) is 3. The van der Waals surface area contributed by atoms with Crippen LogP contribution in [0.25, 0.3) is 27.9 Å². The molecule has 10 nitrogen and oxygen atoms in total. The fraction of sp³-hybridized carbons (Fsp3) is 0.273. The lowest BCUT2D eigenvalue weighted by molar-refractivity contribution is 0.0566. The van der Waals surface area contributed by atoms with Gasteiger partial charge in [0.25, 0.3) is 0 Å². The Labute approximate surface area is 213 Å². The third-order valence-electron chi connectivity index (χ3n) is 6.12. The van der Waals surface area contributed by atoms with Crippen LogP contribution in [-0.4, -0.2) is 53.5 Å². The number of aromatic nitrogens is 7. The van der Waals surface area contributed by atoms with Gasteiger partial charge >= 0.3 is 6.55 Å². The SMILES string of the molecule is NC1CCN(c2cc(NCc3nc4cc(Cl)c(Cl)cc4[nH]3)c3ncc(-c4cnn(C(F)F)c4)n3n2)C1. The summed E-state index contributed by atoms with van der Waals surface area (Å²) < 4.78 is 28.4. The maximum absolute atomic E-state index is 13.1. The van der Waals surface area contributed by atoms with Gasteiger partial charge in [-0.05, 0) is 18.6 Å². The van der Waals surface area contributed by atoms with Gasteiger partial charge in [-0.3, -0.25) is 0 Å². The zero-order valence-corrected chi connectivity index (χ0v) is 20.2. The number of imidazole rings is 2. The Bertz CT molecular complexity index is 1540. The van der Waals surface area contributed by atoms with Crippen LogP contribution < -0.4 is 16.0 Å². The first-order chi connectivity index (χ1) is 17.4. The number of anilines is 2. The van der Waals surface area contributed by atoms with E-state index in [-0.39, 0.29) is 6.04 Å². The summed E-state index contributed by atoms with van der Waals surface area (Å²) in [6, 6.07) is 5.40. The van der Waals surface area contributed by atoms with Gasteiger partial charge in [-0.2, -0.15) is 13.9 Å². The molecule has 1 saturated heterocycles. The second-order valence-electron chi connectivity index (χ2n) is 8.60. The molecule has 1 fully saturated rings. The van der Waals surface area contributed by atoms with Crippen molar-refractivity contribution >= 4 is 51.4 Å². The van der Waals surface area contributed by atoms with E-state index in [4.69, 9.17) is 34.0 Å². The first-order valence-corrected chi connectivity index (χ1v) is 11.9. The molecular weight excluding hydrogens is 513 g/mol. The monoisotopic (exact) mass is 532 g/mol. The molecule has 1 unspecified atom stereocenters. The zero-order chi connectivity index (χ0) is 25.0. The number of fused-ring (bicyclic) bond motifs is 2. The second kappa shape index (κ2) is 8.87. The summed E-state index contributed by atoms with van der Waals surface area (Å²) in [6.45, 7) is -0.958. The maximum atomic E-state index is 13.1. The van der Waals surface area contributed by atoms with Crippen LogP contribution in [0.4, 0.5) is 20.3 Å². The zero-order valence-electron chi connectivity index (χ0n) is 18.7. The molecule has 1 atom stereocenters. The Morgan fingerprint density at radius 2 is 2.03 bits per heavy atom. The molecule has 0 spiro atoms. The molecule has 0 bridgehead atoms. The lowest BCUT2D eigenvalue weighted by Crippen LogP contribution is -2.27. The number of nitrogens with one attached hydrogen (secondary N) is 2. The van der Waals surface area contributed by atoms with Crippen LogP contribution in [0.2, 0.25) is 10.0 Å². The van der Waals surface area contributed by atoms with Crippen LogP contribution in [0.15, 0.2) is 36.8 Å². The number of nitrogens with two attached hydrogens (primary N) is 1. The number of alkyl halides is 2. The molecule has 0 saturated carbocycles. The third kappa shape index (κ3) is 4.10. The van der Waals surface area contributed by atoms with E-state index >= 15 is 0 Å². The number of rotatable bonds is 6. The van der Waals surface area contributed by atoms with Gasteiger partial charge in [-0.25, -0.2) is 19.2 Å². The van der Waals surface area contributed by atoms with Crippen molar-refractivity contribution in [2.75, 3.05) is 23.3 Å². The molecule has 36 heavy (non-hydrogen) atoms. The van der Waals surface area contributed by atoms with Crippen molar-refractivity contribution in [2.24, 2.45) is 5.73 Å². The highest BCUT2D eigenvalue weighted by atomic mass is 35.5. The summed E-state index contributed by atoms with van der Waals surface area (Å²) in [5, 5.41) is 12.8. The molecule has 5 heterocycles. The third-order valence-corrected chi connectivity index (χ3v) is 6.84. The lowest BCUT2D eigenvalue weighted by Gasteiger charge is -2.19. The topological polar surface area (TPSA) is 118 Å². The van der Waals surface area contributed by atoms with Crippen LogP contribution in [0.3, 0.4) is 0 Å². The first-order valence-electron chi connectivity index (χ1n) is 11.1. The van der Waals surface area contributed by atoms with Gasteiger partial charge in [0.1, 0.15) is 5.82 Å². The molecule has 1 aliphatic heterocycles. The number of nitrogens with zero attached hydrogens (tertiary/aromatic N) is 7. The highest BCUT2D eigenvalue weighted by Gasteiger charge is 2.23. The number of halogens is 4. The van der Waals surface area contributed by atoms with Crippen molar-refractivity contribution in [1.82, 2.24) is 34.3 Å². The highest BCUT2D eigenvalue weighted by Crippen LogP contribution is 2.30. The Balaban J connectivity index is 1.38. The van der Waals surface area contributed by atoms with Crippen molar-refractivity contribution in [3.05, 3.63) is 52.7 Å². The van der Waals surface area contributed by atoms with Gasteiger partial charge in [0, 0.05) is 37.0 Å². The molecule has 0 aliphatic carbocycles. The fourth-order valence-electron chi connectivity index (χ4n) is 4.33. The summed E-state index contributed by atoms with van der Waals surface area (Å²) in [7, 11) is 0. The predicted octanol–water partition coefficient (Wildman–Crippen LogP) is 4.32. The molecule has 4 N–H and O–H groups in total. The Morgan fingerprint density at radius 1 is 1.19 bits per heavy atom. The van der Waals surface area contributed by atoms with Gasteiger partial charge < -0.3 is 20.9 Å². The molecule has 0 amide bonds. The van der Waals surface area contributed by atoms with Gasteiger partial charge in [-0.15, -0.1) is 5.10 Å². The molecule has 0 radical (unpaired) electrons. The minimum atomic E-state index is -2.74. The van der Waals surface area contributed by atoms with E-state index in [2.05, 4.69) is 30.3 Å². The van der Waals surface area contributed by atoms with Crippen molar-refractivity contribution in [2.45, 2.75) is 25.6 Å². The van der Waals surface area contributed by atoms with Crippen LogP contribution in [0, 0.1) is 0 Å². The number of aromatic amines is 1. The van der Waals surface area contributed by atoms with Crippen LogP contribution >= 0.6 is 23.2 Å². The molecule has 6 rings (SSSR count). The van der Waals surface area contributed by atoms with Crippen LogP contribution in [-0.2, 0) is 6.54 Å². The van der Waals surface area contributed by atoms with Crippen molar-refractivity contribution in [1.29, 1.82) is 0 Å². The van der Waals surface area contributed by atoms with E-state index in [1.54, 1.807) is 22.8 Å². The molecule has 5 aromatic rings. The lowest BCUT2D eigenvalue weighted by atomic mass is 10.3. The first kappa shape index (κ1) is 23.0. The second-order valence-corrected chi connectivity index (χ2v) is 9.41. The Kier molecular flexibility index (Phi) is 5.66. The Hall–Kier alpha value is -3.48. The van der Waals surface area contributed by atoms with Crippen LogP contribution in [0.1, 0.15) is 18.8 Å². The van der Waals surface area contributed by atoms with E-state index in [0.717, 1.165) is 18.5 Å². The van der Waals surface area contributed by atoms with E-state index in [0.29, 0.717) is 67.6 Å². The predicted molar refractivity (Wildman–Crippen MR) is 134 cm³/mol.